The van der Waals surface area contributed by atoms with E-state index in [1.807, 2.05) is 11.3 Å². The van der Waals surface area contributed by atoms with Crippen LogP contribution in [0.15, 0.2) is 41.8 Å². The molecule has 1 heterocycles. The molecule has 0 amide bonds. The second-order valence-electron chi connectivity index (χ2n) is 5.67. The van der Waals surface area contributed by atoms with E-state index in [-0.39, 0.29) is 0 Å². The van der Waals surface area contributed by atoms with Crippen LogP contribution in [0.2, 0.25) is 0 Å². The van der Waals surface area contributed by atoms with Crippen LogP contribution in [0.4, 0.5) is 0 Å². The number of benzene rings is 1. The quantitative estimate of drug-likeness (QED) is 0.783. The standard InChI is InChI=1S/C18H26N2S/c1-4-19-12-16-7-9-17(10-8-16)13-20(15(2)3)14-18-6-5-11-21-18/h5-11,15,19H,4,12-14H2,1-3H3. The van der Waals surface area contributed by atoms with Crippen molar-refractivity contribution in [3.8, 4) is 0 Å². The summed E-state index contributed by atoms with van der Waals surface area (Å²) in [6, 6.07) is 13.9. The molecule has 2 rings (SSSR count). The van der Waals surface area contributed by atoms with Crippen molar-refractivity contribution in [2.75, 3.05) is 6.54 Å². The van der Waals surface area contributed by atoms with Crippen LogP contribution in [0.1, 0.15) is 36.8 Å². The average molecular weight is 302 g/mol. The zero-order valence-corrected chi connectivity index (χ0v) is 14.1. The minimum Gasteiger partial charge on any atom is -0.313 e. The average Bonchev–Trinajstić information content (AvgIpc) is 2.99. The summed E-state index contributed by atoms with van der Waals surface area (Å²) < 4.78 is 0. The van der Waals surface area contributed by atoms with Crippen LogP contribution in [-0.2, 0) is 19.6 Å². The molecule has 0 atom stereocenters. The van der Waals surface area contributed by atoms with Crippen LogP contribution in [0, 0.1) is 0 Å². The Morgan fingerprint density at radius 3 is 2.33 bits per heavy atom. The maximum Gasteiger partial charge on any atom is 0.0334 e. The summed E-state index contributed by atoms with van der Waals surface area (Å²) in [6.45, 7) is 10.7. The summed E-state index contributed by atoms with van der Waals surface area (Å²) in [5.41, 5.74) is 2.75. The summed E-state index contributed by atoms with van der Waals surface area (Å²) in [5, 5.41) is 5.52. The number of nitrogens with zero attached hydrogens (tertiary/aromatic N) is 1. The highest BCUT2D eigenvalue weighted by Crippen LogP contribution is 2.17. The van der Waals surface area contributed by atoms with E-state index in [2.05, 4.69) is 72.8 Å². The van der Waals surface area contributed by atoms with E-state index in [1.165, 1.54) is 16.0 Å². The zero-order valence-electron chi connectivity index (χ0n) is 13.3. The fourth-order valence-corrected chi connectivity index (χ4v) is 3.02. The third-order valence-corrected chi connectivity index (χ3v) is 4.52. The first-order valence-corrected chi connectivity index (χ1v) is 8.62. The lowest BCUT2D eigenvalue weighted by Crippen LogP contribution is -2.29. The Bertz CT molecular complexity index is 503. The lowest BCUT2D eigenvalue weighted by Gasteiger charge is -2.26. The van der Waals surface area contributed by atoms with Crippen molar-refractivity contribution in [3.63, 3.8) is 0 Å². The molecular formula is C18H26N2S. The minimum atomic E-state index is 0.550. The van der Waals surface area contributed by atoms with Crippen molar-refractivity contribution in [1.29, 1.82) is 0 Å². The molecule has 2 aromatic rings. The molecule has 0 fully saturated rings. The number of thiophene rings is 1. The molecule has 21 heavy (non-hydrogen) atoms. The van der Waals surface area contributed by atoms with Gasteiger partial charge in [0.05, 0.1) is 0 Å². The largest absolute Gasteiger partial charge is 0.313 e. The van der Waals surface area contributed by atoms with Crippen LogP contribution in [0.3, 0.4) is 0 Å². The van der Waals surface area contributed by atoms with Gasteiger partial charge >= 0.3 is 0 Å². The van der Waals surface area contributed by atoms with Gasteiger partial charge in [0.2, 0.25) is 0 Å². The van der Waals surface area contributed by atoms with Gasteiger partial charge in [-0.3, -0.25) is 4.90 Å². The van der Waals surface area contributed by atoms with Gasteiger partial charge < -0.3 is 5.32 Å². The Kier molecular flexibility index (Phi) is 6.43. The van der Waals surface area contributed by atoms with Crippen molar-refractivity contribution < 1.29 is 0 Å². The molecule has 0 saturated carbocycles. The summed E-state index contributed by atoms with van der Waals surface area (Å²) in [4.78, 5) is 3.96. The van der Waals surface area contributed by atoms with Gasteiger partial charge in [-0.2, -0.15) is 0 Å². The summed E-state index contributed by atoms with van der Waals surface area (Å²) in [7, 11) is 0. The van der Waals surface area contributed by atoms with Gasteiger partial charge in [-0.1, -0.05) is 37.3 Å². The molecule has 0 spiro atoms. The molecule has 0 radical (unpaired) electrons. The highest BCUT2D eigenvalue weighted by atomic mass is 32.1. The van der Waals surface area contributed by atoms with Crippen LogP contribution in [0.25, 0.3) is 0 Å². The fraction of sp³-hybridized carbons (Fsp3) is 0.444. The van der Waals surface area contributed by atoms with E-state index in [9.17, 15) is 0 Å². The first-order valence-electron chi connectivity index (χ1n) is 7.74. The van der Waals surface area contributed by atoms with Gasteiger partial charge in [-0.15, -0.1) is 11.3 Å². The molecule has 1 aromatic heterocycles. The van der Waals surface area contributed by atoms with Crippen molar-refractivity contribution in [1.82, 2.24) is 10.2 Å². The monoisotopic (exact) mass is 302 g/mol. The fourth-order valence-electron chi connectivity index (χ4n) is 2.29. The smallest absolute Gasteiger partial charge is 0.0334 e. The predicted octanol–water partition coefficient (Wildman–Crippen LogP) is 4.27. The van der Waals surface area contributed by atoms with E-state index in [0.29, 0.717) is 6.04 Å². The molecule has 1 N–H and O–H groups in total. The van der Waals surface area contributed by atoms with Crippen molar-refractivity contribution in [3.05, 3.63) is 57.8 Å². The Balaban J connectivity index is 1.96. The molecule has 0 saturated heterocycles. The molecule has 1 aromatic carbocycles. The van der Waals surface area contributed by atoms with E-state index >= 15 is 0 Å². The highest BCUT2D eigenvalue weighted by molar-refractivity contribution is 7.09. The lowest BCUT2D eigenvalue weighted by molar-refractivity contribution is 0.205. The van der Waals surface area contributed by atoms with Gasteiger partial charge in [0, 0.05) is 30.6 Å². The van der Waals surface area contributed by atoms with Gasteiger partial charge in [-0.25, -0.2) is 0 Å². The van der Waals surface area contributed by atoms with E-state index < -0.39 is 0 Å². The first-order chi connectivity index (χ1) is 10.2. The molecule has 0 aliphatic heterocycles. The Morgan fingerprint density at radius 2 is 1.76 bits per heavy atom. The van der Waals surface area contributed by atoms with E-state index in [1.54, 1.807) is 0 Å². The van der Waals surface area contributed by atoms with Crippen molar-refractivity contribution in [2.45, 2.75) is 46.4 Å². The normalized spacial score (nSPS) is 11.5. The maximum absolute atomic E-state index is 3.36. The molecule has 3 heteroatoms. The second-order valence-corrected chi connectivity index (χ2v) is 6.71. The molecular weight excluding hydrogens is 276 g/mol. The lowest BCUT2D eigenvalue weighted by atomic mass is 10.1. The number of hydrogen-bond donors (Lipinski definition) is 1. The van der Waals surface area contributed by atoms with Gasteiger partial charge in [0.25, 0.3) is 0 Å². The van der Waals surface area contributed by atoms with Crippen molar-refractivity contribution >= 4 is 11.3 Å². The number of hydrogen-bond acceptors (Lipinski definition) is 3. The van der Waals surface area contributed by atoms with Crippen LogP contribution < -0.4 is 5.32 Å². The van der Waals surface area contributed by atoms with Gasteiger partial charge in [-0.05, 0) is 43.0 Å². The predicted molar refractivity (Wildman–Crippen MR) is 92.5 cm³/mol. The van der Waals surface area contributed by atoms with Gasteiger partial charge in [0.15, 0.2) is 0 Å². The summed E-state index contributed by atoms with van der Waals surface area (Å²) in [5.74, 6) is 0. The molecule has 0 bridgehead atoms. The van der Waals surface area contributed by atoms with E-state index in [4.69, 9.17) is 0 Å². The van der Waals surface area contributed by atoms with Gasteiger partial charge in [0.1, 0.15) is 0 Å². The summed E-state index contributed by atoms with van der Waals surface area (Å²) >= 11 is 1.84. The van der Waals surface area contributed by atoms with Crippen LogP contribution in [0.5, 0.6) is 0 Å². The molecule has 0 unspecified atom stereocenters. The SMILES string of the molecule is CCNCc1ccc(CN(Cc2cccs2)C(C)C)cc1. The maximum atomic E-state index is 3.36. The third-order valence-electron chi connectivity index (χ3n) is 3.66. The first kappa shape index (κ1) is 16.2. The third kappa shape index (κ3) is 5.27. The summed E-state index contributed by atoms with van der Waals surface area (Å²) in [6.07, 6.45) is 0. The Labute approximate surface area is 132 Å². The molecule has 114 valence electrons. The second kappa shape index (κ2) is 8.32. The molecule has 2 nitrogen and oxygen atoms in total. The topological polar surface area (TPSA) is 15.3 Å². The van der Waals surface area contributed by atoms with Crippen molar-refractivity contribution in [2.24, 2.45) is 0 Å². The minimum absolute atomic E-state index is 0.550. The Hall–Kier alpha value is -1.16. The van der Waals surface area contributed by atoms with Crippen LogP contribution in [-0.4, -0.2) is 17.5 Å². The van der Waals surface area contributed by atoms with Crippen LogP contribution >= 0.6 is 11.3 Å². The number of rotatable bonds is 8. The number of nitrogens with one attached hydrogen (secondary N) is 1. The molecule has 0 aliphatic rings. The molecule has 0 aliphatic carbocycles. The highest BCUT2D eigenvalue weighted by Gasteiger charge is 2.11. The van der Waals surface area contributed by atoms with E-state index in [0.717, 1.165) is 26.2 Å². The Morgan fingerprint density at radius 1 is 1.05 bits per heavy atom. The zero-order chi connectivity index (χ0) is 15.1.